The second-order valence-corrected chi connectivity index (χ2v) is 6.36. The summed E-state index contributed by atoms with van der Waals surface area (Å²) in [6.45, 7) is 3.08. The SMILES string of the molecule is COc1ccc(OC)c(Nc2cnnc(N3CCN(c4ncccn4)CC3)n2)c1. The molecular formula is C19H22N8O2. The van der Waals surface area contributed by atoms with E-state index in [1.54, 1.807) is 32.8 Å². The normalized spacial score (nSPS) is 13.9. The van der Waals surface area contributed by atoms with Gasteiger partial charge < -0.3 is 24.6 Å². The van der Waals surface area contributed by atoms with Crippen LogP contribution < -0.4 is 24.6 Å². The quantitative estimate of drug-likeness (QED) is 0.665. The zero-order valence-corrected chi connectivity index (χ0v) is 16.3. The largest absolute Gasteiger partial charge is 0.497 e. The standard InChI is InChI=1S/C19H22N8O2/c1-28-14-4-5-16(29-2)15(12-14)23-17-13-22-25-19(24-17)27-10-8-26(9-11-27)18-20-6-3-7-21-18/h3-7,12-13H,8-11H2,1-2H3,(H,23,24,25). The maximum atomic E-state index is 5.41. The van der Waals surface area contributed by atoms with Gasteiger partial charge in [-0.05, 0) is 18.2 Å². The predicted octanol–water partition coefficient (Wildman–Crippen LogP) is 1.75. The monoisotopic (exact) mass is 394 g/mol. The summed E-state index contributed by atoms with van der Waals surface area (Å²) in [7, 11) is 3.24. The van der Waals surface area contributed by atoms with Crippen LogP contribution >= 0.6 is 0 Å². The van der Waals surface area contributed by atoms with Crippen LogP contribution in [0.15, 0.2) is 42.9 Å². The molecule has 0 amide bonds. The molecule has 10 nitrogen and oxygen atoms in total. The van der Waals surface area contributed by atoms with E-state index >= 15 is 0 Å². The fraction of sp³-hybridized carbons (Fsp3) is 0.316. The van der Waals surface area contributed by atoms with Crippen molar-refractivity contribution in [1.82, 2.24) is 25.1 Å². The van der Waals surface area contributed by atoms with Crippen molar-refractivity contribution in [2.45, 2.75) is 0 Å². The average molecular weight is 394 g/mol. The Labute approximate surface area is 168 Å². The minimum absolute atomic E-state index is 0.575. The van der Waals surface area contributed by atoms with Crippen molar-refractivity contribution in [2.75, 3.05) is 55.5 Å². The van der Waals surface area contributed by atoms with E-state index in [9.17, 15) is 0 Å². The van der Waals surface area contributed by atoms with Crippen molar-refractivity contribution in [3.63, 3.8) is 0 Å². The van der Waals surface area contributed by atoms with E-state index in [4.69, 9.17) is 9.47 Å². The Morgan fingerprint density at radius 3 is 2.34 bits per heavy atom. The van der Waals surface area contributed by atoms with E-state index in [0.717, 1.165) is 43.6 Å². The number of benzene rings is 1. The van der Waals surface area contributed by atoms with Gasteiger partial charge in [0.2, 0.25) is 11.9 Å². The van der Waals surface area contributed by atoms with Crippen molar-refractivity contribution >= 4 is 23.4 Å². The molecule has 1 fully saturated rings. The molecule has 4 rings (SSSR count). The molecule has 0 aliphatic carbocycles. The van der Waals surface area contributed by atoms with Crippen LogP contribution in [0.1, 0.15) is 0 Å². The van der Waals surface area contributed by atoms with Crippen molar-refractivity contribution in [2.24, 2.45) is 0 Å². The number of aromatic nitrogens is 5. The van der Waals surface area contributed by atoms with E-state index in [1.165, 1.54) is 0 Å². The van der Waals surface area contributed by atoms with Gasteiger partial charge in [0.15, 0.2) is 5.82 Å². The van der Waals surface area contributed by atoms with Crippen LogP contribution in [-0.2, 0) is 0 Å². The minimum atomic E-state index is 0.575. The third kappa shape index (κ3) is 4.26. The van der Waals surface area contributed by atoms with Gasteiger partial charge in [-0.15, -0.1) is 5.10 Å². The molecular weight excluding hydrogens is 372 g/mol. The molecule has 1 aromatic carbocycles. The maximum Gasteiger partial charge on any atom is 0.247 e. The molecule has 150 valence electrons. The summed E-state index contributed by atoms with van der Waals surface area (Å²) in [5, 5.41) is 11.5. The lowest BCUT2D eigenvalue weighted by atomic mass is 10.2. The average Bonchev–Trinajstić information content (AvgIpc) is 2.80. The molecule has 1 aliphatic heterocycles. The summed E-state index contributed by atoms with van der Waals surface area (Å²) in [6, 6.07) is 7.33. The van der Waals surface area contributed by atoms with Gasteiger partial charge in [0, 0.05) is 44.6 Å². The molecule has 10 heteroatoms. The Kier molecular flexibility index (Phi) is 5.50. The van der Waals surface area contributed by atoms with Crippen molar-refractivity contribution < 1.29 is 9.47 Å². The van der Waals surface area contributed by atoms with Crippen LogP contribution in [0.2, 0.25) is 0 Å². The number of hydrogen-bond acceptors (Lipinski definition) is 10. The van der Waals surface area contributed by atoms with E-state index in [-0.39, 0.29) is 0 Å². The Morgan fingerprint density at radius 1 is 0.931 bits per heavy atom. The number of rotatable bonds is 6. The fourth-order valence-electron chi connectivity index (χ4n) is 3.10. The number of hydrogen-bond donors (Lipinski definition) is 1. The Hall–Kier alpha value is -3.69. The summed E-state index contributed by atoms with van der Waals surface area (Å²) in [5.41, 5.74) is 0.740. The summed E-state index contributed by atoms with van der Waals surface area (Å²) in [4.78, 5) is 17.5. The lowest BCUT2D eigenvalue weighted by Crippen LogP contribution is -2.47. The molecule has 3 heterocycles. The van der Waals surface area contributed by atoms with E-state index in [2.05, 4.69) is 40.3 Å². The van der Waals surface area contributed by atoms with Crippen LogP contribution in [0.4, 0.5) is 23.4 Å². The number of nitrogens with one attached hydrogen (secondary N) is 1. The van der Waals surface area contributed by atoms with Crippen LogP contribution in [0.25, 0.3) is 0 Å². The first-order valence-corrected chi connectivity index (χ1v) is 9.22. The number of methoxy groups -OCH3 is 2. The van der Waals surface area contributed by atoms with Gasteiger partial charge in [-0.2, -0.15) is 10.1 Å². The Morgan fingerprint density at radius 2 is 1.66 bits per heavy atom. The van der Waals surface area contributed by atoms with Crippen LogP contribution in [-0.4, -0.2) is 65.5 Å². The van der Waals surface area contributed by atoms with Crippen LogP contribution in [0.5, 0.6) is 11.5 Å². The topological polar surface area (TPSA) is 101 Å². The minimum Gasteiger partial charge on any atom is -0.497 e. The maximum absolute atomic E-state index is 5.41. The first-order valence-electron chi connectivity index (χ1n) is 9.22. The van der Waals surface area contributed by atoms with E-state index in [1.807, 2.05) is 24.3 Å². The first kappa shape index (κ1) is 18.7. The summed E-state index contributed by atoms with van der Waals surface area (Å²) >= 11 is 0. The molecule has 0 radical (unpaired) electrons. The van der Waals surface area contributed by atoms with Gasteiger partial charge in [-0.25, -0.2) is 9.97 Å². The highest BCUT2D eigenvalue weighted by Gasteiger charge is 2.21. The number of ether oxygens (including phenoxy) is 2. The third-order valence-corrected chi connectivity index (χ3v) is 4.61. The summed E-state index contributed by atoms with van der Waals surface area (Å²) < 4.78 is 10.7. The first-order chi connectivity index (χ1) is 14.3. The van der Waals surface area contributed by atoms with E-state index in [0.29, 0.717) is 17.5 Å². The zero-order chi connectivity index (χ0) is 20.1. The van der Waals surface area contributed by atoms with Gasteiger partial charge in [-0.1, -0.05) is 0 Å². The molecule has 0 atom stereocenters. The van der Waals surface area contributed by atoms with Gasteiger partial charge in [0.05, 0.1) is 26.1 Å². The molecule has 1 aliphatic rings. The number of nitrogens with zero attached hydrogens (tertiary/aromatic N) is 7. The molecule has 2 aromatic heterocycles. The molecule has 0 unspecified atom stereocenters. The highest BCUT2D eigenvalue weighted by Crippen LogP contribution is 2.31. The van der Waals surface area contributed by atoms with Gasteiger partial charge >= 0.3 is 0 Å². The number of anilines is 4. The summed E-state index contributed by atoms with van der Waals surface area (Å²) in [5.74, 6) is 3.30. The van der Waals surface area contributed by atoms with Crippen LogP contribution in [0.3, 0.4) is 0 Å². The zero-order valence-electron chi connectivity index (χ0n) is 16.3. The van der Waals surface area contributed by atoms with Crippen LogP contribution in [0, 0.1) is 0 Å². The fourth-order valence-corrected chi connectivity index (χ4v) is 3.10. The van der Waals surface area contributed by atoms with Crippen molar-refractivity contribution in [3.05, 3.63) is 42.9 Å². The molecule has 0 spiro atoms. The lowest BCUT2D eigenvalue weighted by molar-refractivity contribution is 0.405. The van der Waals surface area contributed by atoms with Crippen molar-refractivity contribution in [3.8, 4) is 11.5 Å². The molecule has 1 N–H and O–H groups in total. The number of piperazine rings is 1. The molecule has 1 saturated heterocycles. The molecule has 0 bridgehead atoms. The second kappa shape index (κ2) is 8.55. The van der Waals surface area contributed by atoms with Gasteiger partial charge in [0.1, 0.15) is 11.5 Å². The molecule has 3 aromatic rings. The highest BCUT2D eigenvalue weighted by atomic mass is 16.5. The van der Waals surface area contributed by atoms with Gasteiger partial charge in [-0.3, -0.25) is 0 Å². The smallest absolute Gasteiger partial charge is 0.247 e. The Bertz CT molecular complexity index is 948. The van der Waals surface area contributed by atoms with Crippen molar-refractivity contribution in [1.29, 1.82) is 0 Å². The predicted molar refractivity (Wildman–Crippen MR) is 109 cm³/mol. The molecule has 0 saturated carbocycles. The lowest BCUT2D eigenvalue weighted by Gasteiger charge is -2.34. The highest BCUT2D eigenvalue weighted by molar-refractivity contribution is 5.66. The second-order valence-electron chi connectivity index (χ2n) is 6.36. The third-order valence-electron chi connectivity index (χ3n) is 4.61. The Balaban J connectivity index is 1.46. The van der Waals surface area contributed by atoms with Gasteiger partial charge in [0.25, 0.3) is 0 Å². The van der Waals surface area contributed by atoms with E-state index < -0.39 is 0 Å². The summed E-state index contributed by atoms with van der Waals surface area (Å²) in [6.07, 6.45) is 5.09. The molecule has 29 heavy (non-hydrogen) atoms.